The Kier molecular flexibility index (Phi) is 6.63. The predicted octanol–water partition coefficient (Wildman–Crippen LogP) is 1.77. The van der Waals surface area contributed by atoms with E-state index in [2.05, 4.69) is 16.5 Å². The van der Waals surface area contributed by atoms with Crippen LogP contribution in [-0.2, 0) is 14.9 Å². The second-order valence-electron chi connectivity index (χ2n) is 7.17. The van der Waals surface area contributed by atoms with Gasteiger partial charge in [0, 0.05) is 38.8 Å². The Balaban J connectivity index is 1.71. The van der Waals surface area contributed by atoms with Crippen molar-refractivity contribution in [3.63, 3.8) is 0 Å². The van der Waals surface area contributed by atoms with Crippen molar-refractivity contribution in [1.29, 1.82) is 0 Å². The third kappa shape index (κ3) is 5.01. The molecular formula is C18H28FN3O3S. The molecule has 0 radical (unpaired) electrons. The largest absolute Gasteiger partial charge is 0.379 e. The van der Waals surface area contributed by atoms with Crippen molar-refractivity contribution in [1.82, 2.24) is 13.9 Å². The molecule has 0 bridgehead atoms. The van der Waals surface area contributed by atoms with E-state index in [9.17, 15) is 12.8 Å². The highest BCUT2D eigenvalue weighted by Crippen LogP contribution is 2.23. The molecule has 26 heavy (non-hydrogen) atoms. The first kappa shape index (κ1) is 19.7. The van der Waals surface area contributed by atoms with Gasteiger partial charge in [-0.2, -0.15) is 12.7 Å². The summed E-state index contributed by atoms with van der Waals surface area (Å²) in [5.41, 5.74) is 0.906. The Morgan fingerprint density at radius 3 is 2.58 bits per heavy atom. The van der Waals surface area contributed by atoms with Crippen LogP contribution in [0.5, 0.6) is 0 Å². The van der Waals surface area contributed by atoms with Crippen LogP contribution in [0.3, 0.4) is 0 Å². The average Bonchev–Trinajstić information content (AvgIpc) is 2.64. The summed E-state index contributed by atoms with van der Waals surface area (Å²) in [6, 6.07) is 6.16. The van der Waals surface area contributed by atoms with Gasteiger partial charge in [-0.1, -0.05) is 19.1 Å². The van der Waals surface area contributed by atoms with Crippen LogP contribution in [0.25, 0.3) is 0 Å². The third-order valence-electron chi connectivity index (χ3n) is 5.16. The first-order valence-corrected chi connectivity index (χ1v) is 10.7. The van der Waals surface area contributed by atoms with Gasteiger partial charge < -0.3 is 4.74 Å². The van der Waals surface area contributed by atoms with Gasteiger partial charge in [0.25, 0.3) is 10.2 Å². The van der Waals surface area contributed by atoms with E-state index in [-0.39, 0.29) is 18.4 Å². The predicted molar refractivity (Wildman–Crippen MR) is 98.4 cm³/mol. The molecule has 2 heterocycles. The SMILES string of the molecule is CC1CCCN(S(=O)(=O)NCC(c2ccc(F)cc2)N2CCOCC2)C1. The van der Waals surface area contributed by atoms with Gasteiger partial charge in [-0.15, -0.1) is 0 Å². The fourth-order valence-electron chi connectivity index (χ4n) is 3.67. The van der Waals surface area contributed by atoms with Crippen LogP contribution >= 0.6 is 0 Å². The number of hydrogen-bond acceptors (Lipinski definition) is 4. The molecule has 2 aliphatic rings. The monoisotopic (exact) mass is 385 g/mol. The van der Waals surface area contributed by atoms with Crippen LogP contribution in [0.15, 0.2) is 24.3 Å². The summed E-state index contributed by atoms with van der Waals surface area (Å²) in [6.07, 6.45) is 1.96. The number of halogens is 1. The quantitative estimate of drug-likeness (QED) is 0.811. The minimum absolute atomic E-state index is 0.142. The Labute approximate surface area is 155 Å². The van der Waals surface area contributed by atoms with Gasteiger partial charge in [-0.3, -0.25) is 4.90 Å². The fourth-order valence-corrected chi connectivity index (χ4v) is 5.04. The Bertz CT molecular complexity index is 677. The van der Waals surface area contributed by atoms with E-state index < -0.39 is 10.2 Å². The molecule has 2 aliphatic heterocycles. The zero-order chi connectivity index (χ0) is 18.6. The summed E-state index contributed by atoms with van der Waals surface area (Å²) in [6.45, 7) is 6.17. The van der Waals surface area contributed by atoms with E-state index in [1.807, 2.05) is 0 Å². The van der Waals surface area contributed by atoms with Gasteiger partial charge in [-0.25, -0.2) is 9.11 Å². The number of benzene rings is 1. The fraction of sp³-hybridized carbons (Fsp3) is 0.667. The zero-order valence-electron chi connectivity index (χ0n) is 15.2. The van der Waals surface area contributed by atoms with Crippen molar-refractivity contribution >= 4 is 10.2 Å². The normalized spacial score (nSPS) is 24.5. The highest BCUT2D eigenvalue weighted by molar-refractivity contribution is 7.87. The van der Waals surface area contributed by atoms with Crippen LogP contribution in [0.4, 0.5) is 4.39 Å². The topological polar surface area (TPSA) is 61.9 Å². The van der Waals surface area contributed by atoms with Crippen molar-refractivity contribution in [2.45, 2.75) is 25.8 Å². The van der Waals surface area contributed by atoms with Crippen LogP contribution in [-0.4, -0.2) is 63.6 Å². The van der Waals surface area contributed by atoms with Crippen LogP contribution in [0.2, 0.25) is 0 Å². The molecule has 0 aromatic heterocycles. The van der Waals surface area contributed by atoms with Crippen molar-refractivity contribution < 1.29 is 17.5 Å². The molecule has 0 saturated carbocycles. The Morgan fingerprint density at radius 1 is 1.23 bits per heavy atom. The average molecular weight is 386 g/mol. The van der Waals surface area contributed by atoms with Crippen molar-refractivity contribution in [3.8, 4) is 0 Å². The molecule has 0 spiro atoms. The second kappa shape index (κ2) is 8.75. The van der Waals surface area contributed by atoms with Crippen molar-refractivity contribution in [2.75, 3.05) is 45.9 Å². The molecule has 8 heteroatoms. The Hall–Kier alpha value is -1.06. The molecule has 2 unspecified atom stereocenters. The smallest absolute Gasteiger partial charge is 0.279 e. The molecule has 2 saturated heterocycles. The zero-order valence-corrected chi connectivity index (χ0v) is 16.0. The van der Waals surface area contributed by atoms with E-state index >= 15 is 0 Å². The maximum atomic E-state index is 13.3. The lowest BCUT2D eigenvalue weighted by atomic mass is 10.0. The number of piperidine rings is 1. The molecule has 1 aromatic rings. The lowest BCUT2D eigenvalue weighted by Crippen LogP contribution is -2.49. The van der Waals surface area contributed by atoms with Crippen LogP contribution in [0, 0.1) is 11.7 Å². The summed E-state index contributed by atoms with van der Waals surface area (Å²) in [5, 5.41) is 0. The summed E-state index contributed by atoms with van der Waals surface area (Å²) in [7, 11) is -3.51. The number of nitrogens with one attached hydrogen (secondary N) is 1. The van der Waals surface area contributed by atoms with E-state index in [4.69, 9.17) is 4.74 Å². The first-order chi connectivity index (χ1) is 12.5. The van der Waals surface area contributed by atoms with Crippen LogP contribution < -0.4 is 4.72 Å². The molecule has 146 valence electrons. The van der Waals surface area contributed by atoms with Gasteiger partial charge in [0.1, 0.15) is 5.82 Å². The van der Waals surface area contributed by atoms with Gasteiger partial charge >= 0.3 is 0 Å². The lowest BCUT2D eigenvalue weighted by Gasteiger charge is -2.36. The minimum Gasteiger partial charge on any atom is -0.379 e. The molecular weight excluding hydrogens is 357 g/mol. The number of rotatable bonds is 6. The van der Waals surface area contributed by atoms with E-state index in [1.165, 1.54) is 12.1 Å². The second-order valence-corrected chi connectivity index (χ2v) is 8.93. The van der Waals surface area contributed by atoms with E-state index in [0.29, 0.717) is 32.2 Å². The van der Waals surface area contributed by atoms with E-state index in [1.54, 1.807) is 16.4 Å². The van der Waals surface area contributed by atoms with Gasteiger partial charge in [-0.05, 0) is 36.5 Å². The van der Waals surface area contributed by atoms with Gasteiger partial charge in [0.2, 0.25) is 0 Å². The minimum atomic E-state index is -3.51. The lowest BCUT2D eigenvalue weighted by molar-refractivity contribution is 0.0171. The van der Waals surface area contributed by atoms with Gasteiger partial charge in [0.15, 0.2) is 0 Å². The maximum absolute atomic E-state index is 13.3. The molecule has 2 atom stereocenters. The molecule has 1 aromatic carbocycles. The number of ether oxygens (including phenoxy) is 1. The summed E-state index contributed by atoms with van der Waals surface area (Å²) < 4.78 is 48.5. The first-order valence-electron chi connectivity index (χ1n) is 9.28. The molecule has 0 amide bonds. The van der Waals surface area contributed by atoms with Crippen molar-refractivity contribution in [3.05, 3.63) is 35.6 Å². The highest BCUT2D eigenvalue weighted by atomic mass is 32.2. The highest BCUT2D eigenvalue weighted by Gasteiger charge is 2.29. The number of nitrogens with zero attached hydrogens (tertiary/aromatic N) is 2. The number of morpholine rings is 1. The number of hydrogen-bond donors (Lipinski definition) is 1. The van der Waals surface area contributed by atoms with Crippen molar-refractivity contribution in [2.24, 2.45) is 5.92 Å². The molecule has 1 N–H and O–H groups in total. The summed E-state index contributed by atoms with van der Waals surface area (Å²) in [5.74, 6) is 0.0878. The molecule has 0 aliphatic carbocycles. The molecule has 2 fully saturated rings. The summed E-state index contributed by atoms with van der Waals surface area (Å²) in [4.78, 5) is 2.19. The standard InChI is InChI=1S/C18H28FN3O3S/c1-15-3-2-8-22(14-15)26(23,24)20-13-18(21-9-11-25-12-10-21)16-4-6-17(19)7-5-16/h4-7,15,18,20H,2-3,8-14H2,1H3. The molecule has 6 nitrogen and oxygen atoms in total. The van der Waals surface area contributed by atoms with Crippen LogP contribution in [0.1, 0.15) is 31.4 Å². The molecule has 3 rings (SSSR count). The van der Waals surface area contributed by atoms with E-state index in [0.717, 1.165) is 31.5 Å². The maximum Gasteiger partial charge on any atom is 0.279 e. The summed E-state index contributed by atoms with van der Waals surface area (Å²) >= 11 is 0. The van der Waals surface area contributed by atoms with Gasteiger partial charge in [0.05, 0.1) is 13.2 Å². The third-order valence-corrected chi connectivity index (χ3v) is 6.70. The Morgan fingerprint density at radius 2 is 1.92 bits per heavy atom.